The highest BCUT2D eigenvalue weighted by Gasteiger charge is 2.31. The van der Waals surface area contributed by atoms with Crippen LogP contribution >= 0.6 is 11.3 Å². The van der Waals surface area contributed by atoms with Gasteiger partial charge in [0.15, 0.2) is 0 Å². The lowest BCUT2D eigenvalue weighted by molar-refractivity contribution is -0.127. The summed E-state index contributed by atoms with van der Waals surface area (Å²) in [6.45, 7) is 11.3. The zero-order chi connectivity index (χ0) is 19.8. The summed E-state index contributed by atoms with van der Waals surface area (Å²) in [6.07, 6.45) is 1.42. The van der Waals surface area contributed by atoms with Gasteiger partial charge in [-0.3, -0.25) is 9.78 Å². The van der Waals surface area contributed by atoms with Crippen LogP contribution in [0.2, 0.25) is 0 Å². The first-order valence-corrected chi connectivity index (χ1v) is 10.3. The van der Waals surface area contributed by atoms with E-state index in [0.29, 0.717) is 13.1 Å². The van der Waals surface area contributed by atoms with Crippen LogP contribution < -0.4 is 0 Å². The molecule has 2 aromatic heterocycles. The molecule has 0 fully saturated rings. The molecule has 0 unspecified atom stereocenters. The zero-order valence-corrected chi connectivity index (χ0v) is 17.3. The molecule has 1 aromatic carbocycles. The number of amides is 1. The molecule has 3 aromatic rings. The fraction of sp³-hybridized carbons (Fsp3) is 0.250. The predicted molar refractivity (Wildman–Crippen MR) is 116 cm³/mol. The van der Waals surface area contributed by atoms with Crippen molar-refractivity contribution in [3.05, 3.63) is 87.3 Å². The van der Waals surface area contributed by atoms with E-state index in [2.05, 4.69) is 62.9 Å². The molecule has 0 saturated carbocycles. The van der Waals surface area contributed by atoms with Crippen molar-refractivity contribution in [2.45, 2.75) is 33.2 Å². The van der Waals surface area contributed by atoms with E-state index in [1.54, 1.807) is 11.3 Å². The molecular formula is C24H24N2OS. The molecule has 3 nitrogen and oxygen atoms in total. The third-order valence-electron chi connectivity index (χ3n) is 5.27. The molecule has 0 bridgehead atoms. The minimum Gasteiger partial charge on any atom is -0.333 e. The molecule has 4 rings (SSSR count). The first-order valence-electron chi connectivity index (χ1n) is 9.51. The summed E-state index contributed by atoms with van der Waals surface area (Å²) in [4.78, 5) is 21.7. The number of hydrogen-bond acceptors (Lipinski definition) is 3. The van der Waals surface area contributed by atoms with Crippen molar-refractivity contribution in [1.29, 1.82) is 0 Å². The summed E-state index contributed by atoms with van der Waals surface area (Å²) < 4.78 is 0. The van der Waals surface area contributed by atoms with Gasteiger partial charge in [-0.2, -0.15) is 0 Å². The number of fused-ring (bicyclic) bond motifs is 1. The summed E-state index contributed by atoms with van der Waals surface area (Å²) in [7, 11) is 0. The lowest BCUT2D eigenvalue weighted by Crippen LogP contribution is -2.37. The van der Waals surface area contributed by atoms with Gasteiger partial charge in [-0.15, -0.1) is 11.3 Å². The fourth-order valence-corrected chi connectivity index (χ4v) is 5.25. The van der Waals surface area contributed by atoms with E-state index in [0.717, 1.165) is 17.0 Å². The number of aryl methyl sites for hydroxylation is 3. The first-order chi connectivity index (χ1) is 13.5. The van der Waals surface area contributed by atoms with E-state index in [9.17, 15) is 4.79 Å². The molecule has 1 amide bonds. The van der Waals surface area contributed by atoms with Gasteiger partial charge in [0.2, 0.25) is 5.91 Å². The maximum absolute atomic E-state index is 12.4. The number of hydrogen-bond donors (Lipinski definition) is 0. The minimum absolute atomic E-state index is 0.0105. The highest BCUT2D eigenvalue weighted by atomic mass is 32.1. The third kappa shape index (κ3) is 3.40. The second-order valence-corrected chi connectivity index (χ2v) is 8.81. The quantitative estimate of drug-likeness (QED) is 0.563. The van der Waals surface area contributed by atoms with E-state index in [1.165, 1.54) is 32.5 Å². The maximum atomic E-state index is 12.4. The van der Waals surface area contributed by atoms with Crippen LogP contribution in [0.3, 0.4) is 0 Å². The van der Waals surface area contributed by atoms with Crippen molar-refractivity contribution in [3.8, 4) is 11.3 Å². The molecule has 142 valence electrons. The third-order valence-corrected chi connectivity index (χ3v) is 6.33. The summed E-state index contributed by atoms with van der Waals surface area (Å²) in [5.41, 5.74) is 6.92. The van der Waals surface area contributed by atoms with Gasteiger partial charge in [-0.25, -0.2) is 0 Å². The van der Waals surface area contributed by atoms with Gasteiger partial charge in [0.1, 0.15) is 0 Å². The van der Waals surface area contributed by atoms with Gasteiger partial charge in [-0.1, -0.05) is 30.8 Å². The van der Waals surface area contributed by atoms with Crippen LogP contribution in [0.1, 0.15) is 38.1 Å². The Hall–Kier alpha value is -2.72. The summed E-state index contributed by atoms with van der Waals surface area (Å²) in [6, 6.07) is 15.0. The maximum Gasteiger partial charge on any atom is 0.246 e. The Kier molecular flexibility index (Phi) is 4.90. The van der Waals surface area contributed by atoms with E-state index in [1.807, 2.05) is 11.8 Å². The van der Waals surface area contributed by atoms with E-state index < -0.39 is 0 Å². The molecule has 0 saturated heterocycles. The molecule has 3 heterocycles. The van der Waals surface area contributed by atoms with Gasteiger partial charge in [0, 0.05) is 33.5 Å². The Balaban J connectivity index is 1.86. The molecule has 0 aliphatic carbocycles. The number of rotatable bonds is 3. The highest BCUT2D eigenvalue weighted by molar-refractivity contribution is 7.12. The number of benzene rings is 1. The van der Waals surface area contributed by atoms with Gasteiger partial charge >= 0.3 is 0 Å². The van der Waals surface area contributed by atoms with Crippen LogP contribution in [0.15, 0.2) is 55.1 Å². The minimum atomic E-state index is -0.0105. The van der Waals surface area contributed by atoms with Crippen molar-refractivity contribution < 1.29 is 4.79 Å². The van der Waals surface area contributed by atoms with Gasteiger partial charge < -0.3 is 4.90 Å². The number of thiophene rings is 1. The molecule has 0 spiro atoms. The molecule has 1 aliphatic rings. The van der Waals surface area contributed by atoms with Crippen LogP contribution in [0.4, 0.5) is 0 Å². The van der Waals surface area contributed by atoms with Crippen LogP contribution in [-0.4, -0.2) is 22.3 Å². The topological polar surface area (TPSA) is 33.2 Å². The summed E-state index contributed by atoms with van der Waals surface area (Å²) in [5, 5.41) is 0. The Morgan fingerprint density at radius 1 is 1.18 bits per heavy atom. The number of aromatic nitrogens is 1. The normalized spacial score (nSPS) is 16.0. The largest absolute Gasteiger partial charge is 0.333 e. The Morgan fingerprint density at radius 3 is 2.71 bits per heavy atom. The predicted octanol–water partition coefficient (Wildman–Crippen LogP) is 5.40. The Labute approximate surface area is 170 Å². The van der Waals surface area contributed by atoms with Crippen molar-refractivity contribution in [3.63, 3.8) is 0 Å². The van der Waals surface area contributed by atoms with E-state index in [-0.39, 0.29) is 11.8 Å². The average Bonchev–Trinajstić information content (AvgIpc) is 3.06. The van der Waals surface area contributed by atoms with Gasteiger partial charge in [-0.05, 0) is 61.7 Å². The molecule has 4 heteroatoms. The smallest absolute Gasteiger partial charge is 0.246 e. The number of pyridine rings is 1. The SMILES string of the molecule is C=CC(=O)N1Cc2sc(C)cc2[C@@H](c2ccccc2-c2cc(C)cc(C)n2)C1. The molecule has 1 atom stereocenters. The second kappa shape index (κ2) is 7.36. The van der Waals surface area contributed by atoms with Crippen LogP contribution in [-0.2, 0) is 11.3 Å². The van der Waals surface area contributed by atoms with Crippen LogP contribution in [0.25, 0.3) is 11.3 Å². The van der Waals surface area contributed by atoms with E-state index in [4.69, 9.17) is 4.98 Å². The highest BCUT2D eigenvalue weighted by Crippen LogP contribution is 2.41. The Morgan fingerprint density at radius 2 is 1.96 bits per heavy atom. The number of nitrogens with zero attached hydrogens (tertiary/aromatic N) is 2. The van der Waals surface area contributed by atoms with Crippen molar-refractivity contribution >= 4 is 17.2 Å². The molecule has 28 heavy (non-hydrogen) atoms. The monoisotopic (exact) mass is 388 g/mol. The average molecular weight is 389 g/mol. The van der Waals surface area contributed by atoms with Crippen molar-refractivity contribution in [2.75, 3.05) is 6.54 Å². The Bertz CT molecular complexity index is 1050. The molecule has 1 aliphatic heterocycles. The van der Waals surface area contributed by atoms with Crippen LogP contribution in [0.5, 0.6) is 0 Å². The molecule has 0 radical (unpaired) electrons. The standard InChI is InChI=1S/C24H24N2OS/c1-5-24(27)26-13-21(20-12-17(4)28-23(20)14-26)18-8-6-7-9-19(18)22-11-15(2)10-16(3)25-22/h5-12,21H,1,13-14H2,2-4H3/t21-/m1/s1. The lowest BCUT2D eigenvalue weighted by Gasteiger charge is -2.33. The van der Waals surface area contributed by atoms with Crippen LogP contribution in [0, 0.1) is 20.8 Å². The summed E-state index contributed by atoms with van der Waals surface area (Å²) in [5.74, 6) is 0.125. The zero-order valence-electron chi connectivity index (χ0n) is 16.5. The molecular weight excluding hydrogens is 364 g/mol. The van der Waals surface area contributed by atoms with Gasteiger partial charge in [0.25, 0.3) is 0 Å². The first kappa shape index (κ1) is 18.6. The fourth-order valence-electron chi connectivity index (χ4n) is 4.13. The van der Waals surface area contributed by atoms with E-state index >= 15 is 0 Å². The lowest BCUT2D eigenvalue weighted by atomic mass is 9.84. The molecule has 0 N–H and O–H groups in total. The van der Waals surface area contributed by atoms with Crippen molar-refractivity contribution in [1.82, 2.24) is 9.88 Å². The second-order valence-electron chi connectivity index (χ2n) is 7.47. The summed E-state index contributed by atoms with van der Waals surface area (Å²) >= 11 is 1.78. The number of carbonyl (C=O) groups is 1. The number of carbonyl (C=O) groups excluding carboxylic acids is 1. The van der Waals surface area contributed by atoms with Crippen molar-refractivity contribution in [2.24, 2.45) is 0 Å². The van der Waals surface area contributed by atoms with Gasteiger partial charge in [0.05, 0.1) is 12.2 Å².